The van der Waals surface area contributed by atoms with Crippen molar-refractivity contribution in [3.63, 3.8) is 0 Å². The van der Waals surface area contributed by atoms with Crippen molar-refractivity contribution in [2.24, 2.45) is 5.41 Å². The van der Waals surface area contributed by atoms with Crippen molar-refractivity contribution in [2.75, 3.05) is 6.54 Å². The fourth-order valence-corrected chi connectivity index (χ4v) is 3.86. The molecule has 3 rings (SSSR count). The van der Waals surface area contributed by atoms with Gasteiger partial charge in [-0.25, -0.2) is 4.39 Å². The van der Waals surface area contributed by atoms with Crippen LogP contribution in [0.3, 0.4) is 0 Å². The van der Waals surface area contributed by atoms with E-state index in [1.54, 1.807) is 0 Å². The van der Waals surface area contributed by atoms with E-state index in [0.29, 0.717) is 9.89 Å². The average Bonchev–Trinajstić information content (AvgIpc) is 3.27. The molecule has 0 atom stereocenters. The molecule has 2 fully saturated rings. The molecule has 20 heavy (non-hydrogen) atoms. The first-order valence-corrected chi connectivity index (χ1v) is 8.64. The number of halogens is 2. The zero-order chi connectivity index (χ0) is 14.0. The van der Waals surface area contributed by atoms with E-state index in [9.17, 15) is 4.39 Å². The van der Waals surface area contributed by atoms with Crippen molar-refractivity contribution in [1.29, 1.82) is 0 Å². The lowest BCUT2D eigenvalue weighted by Gasteiger charge is -2.38. The van der Waals surface area contributed by atoms with E-state index >= 15 is 0 Å². The molecule has 0 unspecified atom stereocenters. The Hall–Kier alpha value is -0.410. The molecular weight excluding hydrogens is 317 g/mol. The second-order valence-corrected chi connectivity index (χ2v) is 7.40. The van der Waals surface area contributed by atoms with Gasteiger partial charge >= 0.3 is 0 Å². The van der Waals surface area contributed by atoms with Crippen molar-refractivity contribution >= 4 is 15.9 Å². The SMILES string of the molecule is Fc1cccc(CC2(CNC3CC3)CCCCC2)c1Br. The van der Waals surface area contributed by atoms with Gasteiger partial charge in [-0.1, -0.05) is 31.4 Å². The van der Waals surface area contributed by atoms with Gasteiger partial charge in [0.1, 0.15) is 5.82 Å². The highest BCUT2D eigenvalue weighted by Gasteiger charge is 2.34. The van der Waals surface area contributed by atoms with E-state index in [1.165, 1.54) is 51.0 Å². The summed E-state index contributed by atoms with van der Waals surface area (Å²) < 4.78 is 14.4. The minimum absolute atomic E-state index is 0.136. The Kier molecular flexibility index (Phi) is 4.46. The molecule has 0 spiro atoms. The smallest absolute Gasteiger partial charge is 0.137 e. The van der Waals surface area contributed by atoms with Gasteiger partial charge < -0.3 is 5.32 Å². The summed E-state index contributed by atoms with van der Waals surface area (Å²) in [6, 6.07) is 6.19. The van der Waals surface area contributed by atoms with Crippen LogP contribution < -0.4 is 5.32 Å². The molecule has 0 bridgehead atoms. The molecule has 0 heterocycles. The number of benzene rings is 1. The predicted molar refractivity (Wildman–Crippen MR) is 84.3 cm³/mol. The topological polar surface area (TPSA) is 12.0 Å². The summed E-state index contributed by atoms with van der Waals surface area (Å²) in [7, 11) is 0. The van der Waals surface area contributed by atoms with Crippen molar-refractivity contribution in [2.45, 2.75) is 57.4 Å². The first-order chi connectivity index (χ1) is 9.69. The number of nitrogens with one attached hydrogen (secondary N) is 1. The Labute approximate surface area is 129 Å². The van der Waals surface area contributed by atoms with E-state index in [1.807, 2.05) is 6.07 Å². The van der Waals surface area contributed by atoms with Crippen LogP contribution in [0.1, 0.15) is 50.5 Å². The molecular formula is C17H23BrFN. The Morgan fingerprint density at radius 1 is 1.20 bits per heavy atom. The lowest BCUT2D eigenvalue weighted by Crippen LogP contribution is -2.39. The second-order valence-electron chi connectivity index (χ2n) is 6.61. The van der Waals surface area contributed by atoms with Gasteiger partial charge in [-0.15, -0.1) is 0 Å². The van der Waals surface area contributed by atoms with Gasteiger partial charge in [-0.2, -0.15) is 0 Å². The van der Waals surface area contributed by atoms with Crippen molar-refractivity contribution in [3.8, 4) is 0 Å². The number of rotatable bonds is 5. The maximum absolute atomic E-state index is 13.7. The monoisotopic (exact) mass is 339 g/mol. The minimum atomic E-state index is -0.136. The van der Waals surface area contributed by atoms with Gasteiger partial charge in [0, 0.05) is 12.6 Å². The van der Waals surface area contributed by atoms with Crippen LogP contribution in [0.25, 0.3) is 0 Å². The highest BCUT2D eigenvalue weighted by molar-refractivity contribution is 9.10. The molecule has 1 nitrogen and oxygen atoms in total. The van der Waals surface area contributed by atoms with Crippen LogP contribution in [-0.2, 0) is 6.42 Å². The first kappa shape index (κ1) is 14.5. The van der Waals surface area contributed by atoms with Gasteiger partial charge in [0.05, 0.1) is 4.47 Å². The van der Waals surface area contributed by atoms with E-state index < -0.39 is 0 Å². The summed E-state index contributed by atoms with van der Waals surface area (Å²) >= 11 is 3.43. The standard InChI is InChI=1S/C17H23BrFN/c18-16-13(5-4-6-15(16)19)11-17(9-2-1-3-10-17)12-20-14-7-8-14/h4-6,14,20H,1-3,7-12H2. The normalized spacial score (nSPS) is 21.9. The van der Waals surface area contributed by atoms with E-state index in [-0.39, 0.29) is 5.82 Å². The third kappa shape index (κ3) is 3.43. The van der Waals surface area contributed by atoms with E-state index in [4.69, 9.17) is 0 Å². The average molecular weight is 340 g/mol. The molecule has 3 heteroatoms. The summed E-state index contributed by atoms with van der Waals surface area (Å²) in [5.74, 6) is -0.136. The van der Waals surface area contributed by atoms with Crippen LogP contribution in [0, 0.1) is 11.2 Å². The van der Waals surface area contributed by atoms with Gasteiger partial charge in [0.15, 0.2) is 0 Å². The third-order valence-electron chi connectivity index (χ3n) is 4.85. The molecule has 2 aliphatic carbocycles. The maximum atomic E-state index is 13.7. The molecule has 1 N–H and O–H groups in total. The van der Waals surface area contributed by atoms with Gasteiger partial charge in [-0.3, -0.25) is 0 Å². The molecule has 110 valence electrons. The summed E-state index contributed by atoms with van der Waals surface area (Å²) in [4.78, 5) is 0. The molecule has 0 radical (unpaired) electrons. The van der Waals surface area contributed by atoms with Crippen LogP contribution in [0.15, 0.2) is 22.7 Å². The molecule has 0 aromatic heterocycles. The Morgan fingerprint density at radius 3 is 2.65 bits per heavy atom. The van der Waals surface area contributed by atoms with Gasteiger partial charge in [-0.05, 0) is 65.1 Å². The summed E-state index contributed by atoms with van der Waals surface area (Å²) in [6.07, 6.45) is 10.2. The Bertz CT molecular complexity index is 464. The lowest BCUT2D eigenvalue weighted by atomic mass is 9.70. The molecule has 0 amide bonds. The van der Waals surface area contributed by atoms with E-state index in [2.05, 4.69) is 27.3 Å². The predicted octanol–water partition coefficient (Wildman–Crippen LogP) is 4.83. The zero-order valence-corrected chi connectivity index (χ0v) is 13.5. The minimum Gasteiger partial charge on any atom is -0.313 e. The van der Waals surface area contributed by atoms with Crippen LogP contribution >= 0.6 is 15.9 Å². The quantitative estimate of drug-likeness (QED) is 0.809. The number of hydrogen-bond acceptors (Lipinski definition) is 1. The fraction of sp³-hybridized carbons (Fsp3) is 0.647. The van der Waals surface area contributed by atoms with Crippen LogP contribution in [0.2, 0.25) is 0 Å². The van der Waals surface area contributed by atoms with Crippen LogP contribution in [0.5, 0.6) is 0 Å². The number of hydrogen-bond donors (Lipinski definition) is 1. The second kappa shape index (κ2) is 6.15. The summed E-state index contributed by atoms with van der Waals surface area (Å²) in [6.45, 7) is 1.10. The molecule has 0 saturated heterocycles. The molecule has 2 saturated carbocycles. The Morgan fingerprint density at radius 2 is 1.95 bits per heavy atom. The molecule has 1 aromatic rings. The summed E-state index contributed by atoms with van der Waals surface area (Å²) in [5, 5.41) is 3.71. The lowest BCUT2D eigenvalue weighted by molar-refractivity contribution is 0.179. The van der Waals surface area contributed by atoms with Gasteiger partial charge in [0.25, 0.3) is 0 Å². The molecule has 0 aliphatic heterocycles. The Balaban J connectivity index is 1.75. The first-order valence-electron chi connectivity index (χ1n) is 7.85. The van der Waals surface area contributed by atoms with E-state index in [0.717, 1.165) is 24.6 Å². The highest BCUT2D eigenvalue weighted by Crippen LogP contribution is 2.41. The fourth-order valence-electron chi connectivity index (χ4n) is 3.46. The zero-order valence-electron chi connectivity index (χ0n) is 11.9. The highest BCUT2D eigenvalue weighted by atomic mass is 79.9. The molecule has 2 aliphatic rings. The summed E-state index contributed by atoms with van der Waals surface area (Å²) in [5.41, 5.74) is 1.46. The molecule has 1 aromatic carbocycles. The van der Waals surface area contributed by atoms with Crippen molar-refractivity contribution in [1.82, 2.24) is 5.32 Å². The van der Waals surface area contributed by atoms with Crippen LogP contribution in [-0.4, -0.2) is 12.6 Å². The van der Waals surface area contributed by atoms with Crippen molar-refractivity contribution in [3.05, 3.63) is 34.1 Å². The third-order valence-corrected chi connectivity index (χ3v) is 5.74. The maximum Gasteiger partial charge on any atom is 0.137 e. The largest absolute Gasteiger partial charge is 0.313 e. The van der Waals surface area contributed by atoms with Crippen molar-refractivity contribution < 1.29 is 4.39 Å². The van der Waals surface area contributed by atoms with Gasteiger partial charge in [0.2, 0.25) is 0 Å². The van der Waals surface area contributed by atoms with Crippen LogP contribution in [0.4, 0.5) is 4.39 Å².